The Bertz CT molecular complexity index is 600. The van der Waals surface area contributed by atoms with Crippen molar-refractivity contribution < 1.29 is 0 Å². The average Bonchev–Trinajstić information content (AvgIpc) is 2.50. The molecule has 0 heterocycles. The molecule has 2 aromatic carbocycles. The summed E-state index contributed by atoms with van der Waals surface area (Å²) in [7, 11) is 0. The molecule has 0 spiro atoms. The van der Waals surface area contributed by atoms with E-state index in [9.17, 15) is 0 Å². The third-order valence-electron chi connectivity index (χ3n) is 3.17. The summed E-state index contributed by atoms with van der Waals surface area (Å²) in [6.07, 6.45) is 7.65. The summed E-state index contributed by atoms with van der Waals surface area (Å²) < 4.78 is 0. The van der Waals surface area contributed by atoms with Crippen LogP contribution < -0.4 is 0 Å². The van der Waals surface area contributed by atoms with Crippen LogP contribution in [0.1, 0.15) is 52.7 Å². The van der Waals surface area contributed by atoms with Crippen LogP contribution in [0.5, 0.6) is 0 Å². The lowest BCUT2D eigenvalue weighted by molar-refractivity contribution is 1.22. The highest BCUT2D eigenvalue weighted by molar-refractivity contribution is 5.88. The minimum atomic E-state index is 0. The normalized spacial score (nSPS) is 11.0. The molecular weight excluding hydrogens is 252 g/mol. The van der Waals surface area contributed by atoms with Gasteiger partial charge in [0, 0.05) is 0 Å². The van der Waals surface area contributed by atoms with E-state index < -0.39 is 0 Å². The molecule has 0 aliphatic rings. The molecule has 0 aliphatic heterocycles. The van der Waals surface area contributed by atoms with Crippen LogP contribution in [0.3, 0.4) is 0 Å². The fraction of sp³-hybridized carbons (Fsp3) is 0.333. The van der Waals surface area contributed by atoms with Gasteiger partial charge in [-0.15, -0.1) is 0 Å². The van der Waals surface area contributed by atoms with Crippen molar-refractivity contribution in [2.45, 2.75) is 48.5 Å². The van der Waals surface area contributed by atoms with Crippen LogP contribution >= 0.6 is 0 Å². The van der Waals surface area contributed by atoms with Gasteiger partial charge < -0.3 is 0 Å². The van der Waals surface area contributed by atoms with E-state index in [2.05, 4.69) is 75.4 Å². The van der Waals surface area contributed by atoms with Gasteiger partial charge in [0.2, 0.25) is 0 Å². The van der Waals surface area contributed by atoms with Crippen molar-refractivity contribution in [1.82, 2.24) is 0 Å². The average molecular weight is 282 g/mol. The van der Waals surface area contributed by atoms with E-state index in [0.717, 1.165) is 6.42 Å². The maximum Gasteiger partial charge on any atom is -0.0178 e. The zero-order chi connectivity index (χ0) is 15.0. The van der Waals surface area contributed by atoms with E-state index in [4.69, 9.17) is 0 Å². The van der Waals surface area contributed by atoms with Crippen molar-refractivity contribution in [1.29, 1.82) is 0 Å². The molecular formula is C21H30. The molecule has 0 heteroatoms. The largest absolute Gasteiger partial charge is 0.0842 e. The highest BCUT2D eigenvalue weighted by atomic mass is 14.0. The van der Waals surface area contributed by atoms with E-state index in [-0.39, 0.29) is 7.43 Å². The van der Waals surface area contributed by atoms with Crippen LogP contribution in [0.15, 0.2) is 54.6 Å². The second-order valence-electron chi connectivity index (χ2n) is 4.62. The first-order valence-electron chi connectivity index (χ1n) is 7.58. The molecule has 0 radical (unpaired) electrons. The van der Waals surface area contributed by atoms with Crippen LogP contribution in [0.25, 0.3) is 16.3 Å². The van der Waals surface area contributed by atoms with Gasteiger partial charge in [-0.3, -0.25) is 0 Å². The monoisotopic (exact) mass is 282 g/mol. The van der Waals surface area contributed by atoms with Crippen LogP contribution in [-0.2, 0) is 0 Å². The van der Waals surface area contributed by atoms with Crippen molar-refractivity contribution in [3.63, 3.8) is 0 Å². The van der Waals surface area contributed by atoms with Gasteiger partial charge in [-0.1, -0.05) is 82.3 Å². The molecule has 21 heavy (non-hydrogen) atoms. The first-order chi connectivity index (χ1) is 9.74. The highest BCUT2D eigenvalue weighted by Crippen LogP contribution is 2.23. The maximum absolute atomic E-state index is 2.27. The summed E-state index contributed by atoms with van der Waals surface area (Å²) in [4.78, 5) is 0. The van der Waals surface area contributed by atoms with Crippen LogP contribution in [0, 0.1) is 6.92 Å². The molecule has 0 fully saturated rings. The Morgan fingerprint density at radius 2 is 1.62 bits per heavy atom. The van der Waals surface area contributed by atoms with E-state index in [1.165, 1.54) is 27.5 Å². The molecule has 0 atom stereocenters. The predicted molar refractivity (Wildman–Crippen MR) is 99.8 cm³/mol. The summed E-state index contributed by atoms with van der Waals surface area (Å²) in [6, 6.07) is 13.3. The molecule has 0 nitrogen and oxygen atoms in total. The van der Waals surface area contributed by atoms with Crippen molar-refractivity contribution >= 4 is 16.3 Å². The maximum atomic E-state index is 2.27. The Kier molecular flexibility index (Phi) is 9.12. The third kappa shape index (κ3) is 5.23. The van der Waals surface area contributed by atoms with E-state index in [1.807, 2.05) is 13.8 Å². The number of aryl methyl sites for hydroxylation is 1. The van der Waals surface area contributed by atoms with Crippen LogP contribution in [0.4, 0.5) is 0 Å². The second kappa shape index (κ2) is 9.99. The van der Waals surface area contributed by atoms with E-state index in [1.54, 1.807) is 0 Å². The molecule has 0 unspecified atom stereocenters. The summed E-state index contributed by atoms with van der Waals surface area (Å²) in [5, 5.41) is 2.62. The number of hydrogen-bond donors (Lipinski definition) is 0. The van der Waals surface area contributed by atoms with Gasteiger partial charge in [0.15, 0.2) is 0 Å². The van der Waals surface area contributed by atoms with Gasteiger partial charge in [0.05, 0.1) is 0 Å². The van der Waals surface area contributed by atoms with Crippen LogP contribution in [0.2, 0.25) is 0 Å². The lowest BCUT2D eigenvalue weighted by Gasteiger charge is -2.05. The zero-order valence-corrected chi connectivity index (χ0v) is 13.4. The van der Waals surface area contributed by atoms with Crippen molar-refractivity contribution in [2.75, 3.05) is 0 Å². The SMILES string of the molecule is C.C/C=C(\C=C/CC)c1ccc2cc(C)ccc2c1.CC. The first kappa shape index (κ1) is 19.2. The molecule has 0 aliphatic carbocycles. The predicted octanol–water partition coefficient (Wildman–Crippen LogP) is 7.18. The van der Waals surface area contributed by atoms with E-state index >= 15 is 0 Å². The molecule has 114 valence electrons. The van der Waals surface area contributed by atoms with Crippen molar-refractivity contribution in [3.05, 3.63) is 65.8 Å². The molecule has 0 bridgehead atoms. The molecule has 0 amide bonds. The van der Waals surface area contributed by atoms with Gasteiger partial charge in [-0.05, 0) is 48.2 Å². The van der Waals surface area contributed by atoms with Gasteiger partial charge in [0.25, 0.3) is 0 Å². The van der Waals surface area contributed by atoms with Crippen molar-refractivity contribution in [2.24, 2.45) is 0 Å². The van der Waals surface area contributed by atoms with Gasteiger partial charge in [-0.2, -0.15) is 0 Å². The minimum absolute atomic E-state index is 0. The number of benzene rings is 2. The third-order valence-corrected chi connectivity index (χ3v) is 3.17. The fourth-order valence-electron chi connectivity index (χ4n) is 2.15. The summed E-state index contributed by atoms with van der Waals surface area (Å²) in [5.41, 5.74) is 3.89. The Morgan fingerprint density at radius 1 is 1.00 bits per heavy atom. The second-order valence-corrected chi connectivity index (χ2v) is 4.62. The lowest BCUT2D eigenvalue weighted by atomic mass is 9.99. The van der Waals surface area contributed by atoms with Gasteiger partial charge in [0.1, 0.15) is 0 Å². The standard InChI is InChI=1S/C18H20.C2H6.CH4/c1-4-6-7-15(5-2)17-11-10-16-12-14(3)8-9-18(16)13-17;1-2;/h5-13H,4H2,1-3H3;1-2H3;1H4/b7-6-,15-5+;;. The molecule has 0 saturated carbocycles. The van der Waals surface area contributed by atoms with Crippen molar-refractivity contribution in [3.8, 4) is 0 Å². The molecule has 2 aromatic rings. The van der Waals surface area contributed by atoms with Gasteiger partial charge in [-0.25, -0.2) is 0 Å². The smallest absolute Gasteiger partial charge is 0.0178 e. The highest BCUT2D eigenvalue weighted by Gasteiger charge is 1.99. The van der Waals surface area contributed by atoms with E-state index in [0.29, 0.717) is 0 Å². The summed E-state index contributed by atoms with van der Waals surface area (Å²) >= 11 is 0. The molecule has 0 aromatic heterocycles. The summed E-state index contributed by atoms with van der Waals surface area (Å²) in [5.74, 6) is 0. The number of rotatable bonds is 3. The number of allylic oxidation sites excluding steroid dienone is 4. The quantitative estimate of drug-likeness (QED) is 0.523. The Balaban J connectivity index is 0.00000128. The van der Waals surface area contributed by atoms with Gasteiger partial charge >= 0.3 is 0 Å². The summed E-state index contributed by atoms with van der Waals surface area (Å²) in [6.45, 7) is 10.4. The Labute approximate surface area is 131 Å². The lowest BCUT2D eigenvalue weighted by Crippen LogP contribution is -1.82. The number of fused-ring (bicyclic) bond motifs is 1. The minimum Gasteiger partial charge on any atom is -0.0842 e. The Morgan fingerprint density at radius 3 is 2.24 bits per heavy atom. The number of hydrogen-bond acceptors (Lipinski definition) is 0. The zero-order valence-electron chi connectivity index (χ0n) is 13.4. The molecule has 0 saturated heterocycles. The molecule has 0 N–H and O–H groups in total. The molecule has 2 rings (SSSR count). The first-order valence-corrected chi connectivity index (χ1v) is 7.58. The van der Waals surface area contributed by atoms with Crippen LogP contribution in [-0.4, -0.2) is 0 Å². The topological polar surface area (TPSA) is 0 Å². The fourth-order valence-corrected chi connectivity index (χ4v) is 2.15. The Hall–Kier alpha value is -1.82.